The summed E-state index contributed by atoms with van der Waals surface area (Å²) in [5.41, 5.74) is 4.01. The molecule has 5 N–H and O–H groups in total. The minimum Gasteiger partial charge on any atom is -0.453 e. The number of imidazole rings is 2. The maximum atomic E-state index is 13.9. The van der Waals surface area contributed by atoms with Gasteiger partial charge in [0.1, 0.15) is 29.4 Å². The van der Waals surface area contributed by atoms with Crippen LogP contribution in [0, 0.1) is 0 Å². The second kappa shape index (κ2) is 17.1. The Morgan fingerprint density at radius 2 is 1.49 bits per heavy atom. The number of nitrogens with one attached hydrogen (secondary N) is 5. The second-order valence-corrected chi connectivity index (χ2v) is 13.3. The van der Waals surface area contributed by atoms with Gasteiger partial charge in [0.05, 0.1) is 44.4 Å². The number of benzene rings is 3. The van der Waals surface area contributed by atoms with Crippen molar-refractivity contribution >= 4 is 24.0 Å². The van der Waals surface area contributed by atoms with Gasteiger partial charge in [0.25, 0.3) is 5.91 Å². The Kier molecular flexibility index (Phi) is 11.4. The van der Waals surface area contributed by atoms with Crippen LogP contribution < -0.4 is 16.0 Å². The zero-order valence-corrected chi connectivity index (χ0v) is 31.4. The summed E-state index contributed by atoms with van der Waals surface area (Å²) >= 11 is 0. The summed E-state index contributed by atoms with van der Waals surface area (Å²) in [6.45, 7) is 2.29. The van der Waals surface area contributed by atoms with Crippen molar-refractivity contribution in [1.82, 2.24) is 45.8 Å². The van der Waals surface area contributed by atoms with Gasteiger partial charge in [-0.15, -0.1) is 0 Å². The van der Waals surface area contributed by atoms with Gasteiger partial charge in [-0.1, -0.05) is 78.9 Å². The molecule has 0 radical (unpaired) electrons. The van der Waals surface area contributed by atoms with E-state index in [4.69, 9.17) is 18.9 Å². The summed E-state index contributed by atoms with van der Waals surface area (Å²) in [5, 5.41) is 8.19. The van der Waals surface area contributed by atoms with Crippen LogP contribution in [0.3, 0.4) is 0 Å². The number of alkyl carbamates (subject to hydrolysis) is 2. The summed E-state index contributed by atoms with van der Waals surface area (Å²) in [6.07, 6.45) is 5.02. The number of H-pyrrole nitrogens is 2. The molecular formula is C41H41N9O7. The summed E-state index contributed by atoms with van der Waals surface area (Å²) < 4.78 is 15.7. The fourth-order valence-electron chi connectivity index (χ4n) is 6.76. The van der Waals surface area contributed by atoms with Crippen LogP contribution in [0.4, 0.5) is 9.59 Å². The van der Waals surface area contributed by atoms with Crippen LogP contribution in [-0.4, -0.2) is 74.6 Å². The number of carbonyl (C=O) groups is 4. The van der Waals surface area contributed by atoms with Crippen molar-refractivity contribution in [3.05, 3.63) is 126 Å². The van der Waals surface area contributed by atoms with E-state index in [2.05, 4.69) is 35.9 Å². The Morgan fingerprint density at radius 3 is 2.19 bits per heavy atom. The third kappa shape index (κ3) is 8.54. The molecule has 4 atom stereocenters. The van der Waals surface area contributed by atoms with Crippen molar-refractivity contribution in [3.8, 4) is 34.2 Å². The molecule has 3 aromatic carbocycles. The molecule has 0 unspecified atom stereocenters. The topological polar surface area (TPSA) is 209 Å². The quantitative estimate of drug-likeness (QED) is 0.0957. The normalized spacial score (nSPS) is 15.3. The van der Waals surface area contributed by atoms with Crippen molar-refractivity contribution in [2.24, 2.45) is 0 Å². The third-order valence-electron chi connectivity index (χ3n) is 9.67. The van der Waals surface area contributed by atoms with Crippen molar-refractivity contribution in [2.45, 2.75) is 43.9 Å². The average molecular weight is 772 g/mol. The number of amides is 4. The molecule has 1 aliphatic heterocycles. The standard InChI is InChI=1S/C41H41N9O7/c1-24(45-37(51)33(48-40(53)55-2)25-12-6-4-7-13-25)35-42-21-29(46-35)27-16-10-17-28(20-27)32-23-44-38(57-32)30-22-43-36(47-30)31-18-11-19-50(31)39(52)34(49-41(54)56-3)26-14-8-5-9-15-26/h4-10,12-17,20-24,31,33-34H,11,18-19H2,1-3H3,(H,42,46)(H,43,47)(H,45,51)(H,48,53)(H,49,54)/t24-,31-,33+,34+/m0/s1. The summed E-state index contributed by atoms with van der Waals surface area (Å²) in [5.74, 6) is 1.22. The highest BCUT2D eigenvalue weighted by atomic mass is 16.5. The average Bonchev–Trinajstić information content (AvgIpc) is 4.09. The molecule has 0 spiro atoms. The fourth-order valence-corrected chi connectivity index (χ4v) is 6.76. The lowest BCUT2D eigenvalue weighted by Gasteiger charge is -2.28. The minimum atomic E-state index is -0.969. The van der Waals surface area contributed by atoms with Crippen molar-refractivity contribution in [3.63, 3.8) is 0 Å². The number of aromatic nitrogens is 5. The Hall–Kier alpha value is -7.23. The lowest BCUT2D eigenvalue weighted by atomic mass is 10.1. The summed E-state index contributed by atoms with van der Waals surface area (Å²) in [7, 11) is 2.50. The predicted molar refractivity (Wildman–Crippen MR) is 207 cm³/mol. The van der Waals surface area contributed by atoms with Gasteiger partial charge in [-0.25, -0.2) is 24.5 Å². The molecule has 0 bridgehead atoms. The van der Waals surface area contributed by atoms with Crippen molar-refractivity contribution < 1.29 is 33.1 Å². The van der Waals surface area contributed by atoms with Crippen LogP contribution in [0.1, 0.15) is 66.7 Å². The van der Waals surface area contributed by atoms with Gasteiger partial charge in [0.2, 0.25) is 11.8 Å². The van der Waals surface area contributed by atoms with Gasteiger partial charge in [0, 0.05) is 23.9 Å². The van der Waals surface area contributed by atoms with Gasteiger partial charge < -0.3 is 44.7 Å². The molecule has 57 heavy (non-hydrogen) atoms. The molecule has 7 rings (SSSR count). The molecule has 1 aliphatic rings. The highest BCUT2D eigenvalue weighted by Crippen LogP contribution is 2.35. The molecule has 1 fully saturated rings. The summed E-state index contributed by atoms with van der Waals surface area (Å²) in [4.78, 5) is 73.4. The van der Waals surface area contributed by atoms with E-state index in [0.29, 0.717) is 58.8 Å². The number of carbonyl (C=O) groups excluding carboxylic acids is 4. The van der Waals surface area contributed by atoms with E-state index in [-0.39, 0.29) is 11.9 Å². The van der Waals surface area contributed by atoms with Crippen molar-refractivity contribution in [1.29, 1.82) is 0 Å². The molecule has 16 heteroatoms. The van der Waals surface area contributed by atoms with Crippen LogP contribution in [0.2, 0.25) is 0 Å². The molecule has 0 saturated carbocycles. The Bertz CT molecular complexity index is 2340. The predicted octanol–water partition coefficient (Wildman–Crippen LogP) is 6.16. The highest BCUT2D eigenvalue weighted by Gasteiger charge is 2.37. The maximum absolute atomic E-state index is 13.9. The number of nitrogens with zero attached hydrogens (tertiary/aromatic N) is 4. The number of hydrogen-bond acceptors (Lipinski definition) is 10. The molecule has 6 aromatic rings. The highest BCUT2D eigenvalue weighted by molar-refractivity contribution is 5.88. The molecule has 1 saturated heterocycles. The lowest BCUT2D eigenvalue weighted by Crippen LogP contribution is -2.42. The van der Waals surface area contributed by atoms with E-state index in [0.717, 1.165) is 17.5 Å². The zero-order chi connectivity index (χ0) is 39.9. The number of ether oxygens (including phenoxy) is 2. The van der Waals surface area contributed by atoms with E-state index >= 15 is 0 Å². The van der Waals surface area contributed by atoms with Gasteiger partial charge in [-0.05, 0) is 37.0 Å². The molecular weight excluding hydrogens is 731 g/mol. The minimum absolute atomic E-state index is 0.265. The van der Waals surface area contributed by atoms with E-state index in [1.165, 1.54) is 14.2 Å². The van der Waals surface area contributed by atoms with E-state index in [1.54, 1.807) is 66.8 Å². The van der Waals surface area contributed by atoms with Crippen molar-refractivity contribution in [2.75, 3.05) is 20.8 Å². The number of likely N-dealkylation sites (tertiary alicyclic amines) is 1. The molecule has 3 aromatic heterocycles. The van der Waals surface area contributed by atoms with Crippen LogP contribution >= 0.6 is 0 Å². The fraction of sp³-hybridized carbons (Fsp3) is 0.244. The zero-order valence-electron chi connectivity index (χ0n) is 31.4. The van der Waals surface area contributed by atoms with E-state index in [1.807, 2.05) is 48.5 Å². The molecule has 0 aliphatic carbocycles. The van der Waals surface area contributed by atoms with Gasteiger partial charge in [-0.3, -0.25) is 9.59 Å². The van der Waals surface area contributed by atoms with Gasteiger partial charge in [0.15, 0.2) is 5.76 Å². The number of hydrogen-bond donors (Lipinski definition) is 5. The van der Waals surface area contributed by atoms with E-state index < -0.39 is 36.2 Å². The monoisotopic (exact) mass is 771 g/mol. The SMILES string of the molecule is COC(=O)N[C@@H](C(=O)N[C@@H](C)c1ncc(-c2cccc(-c3cnc(-c4c[nH]c([C@@H]5CCCN5C(=O)[C@H](NC(=O)OC)c5ccccc5)n4)o3)c2)[nH]1)c1ccccc1. The first kappa shape index (κ1) is 38.1. The molecule has 16 nitrogen and oxygen atoms in total. The molecule has 4 amide bonds. The first-order chi connectivity index (χ1) is 27.7. The molecule has 292 valence electrons. The van der Waals surface area contributed by atoms with Crippen LogP contribution in [0.25, 0.3) is 34.2 Å². The van der Waals surface area contributed by atoms with Crippen LogP contribution in [0.5, 0.6) is 0 Å². The summed E-state index contributed by atoms with van der Waals surface area (Å²) in [6, 6.07) is 22.8. The second-order valence-electron chi connectivity index (χ2n) is 13.3. The third-order valence-corrected chi connectivity index (χ3v) is 9.67. The van der Waals surface area contributed by atoms with E-state index in [9.17, 15) is 19.2 Å². The lowest BCUT2D eigenvalue weighted by molar-refractivity contribution is -0.134. The van der Waals surface area contributed by atoms with Gasteiger partial charge >= 0.3 is 12.2 Å². The smallest absolute Gasteiger partial charge is 0.407 e. The Morgan fingerprint density at radius 1 is 0.825 bits per heavy atom. The first-order valence-corrected chi connectivity index (χ1v) is 18.3. The van der Waals surface area contributed by atoms with Crippen LogP contribution in [0.15, 0.2) is 108 Å². The number of oxazole rings is 1. The maximum Gasteiger partial charge on any atom is 0.407 e. The first-order valence-electron chi connectivity index (χ1n) is 18.3. The molecule has 4 heterocycles. The largest absolute Gasteiger partial charge is 0.453 e. The Labute approximate surface area is 327 Å². The number of aromatic amines is 2. The number of rotatable bonds is 12. The van der Waals surface area contributed by atoms with Gasteiger partial charge in [-0.2, -0.15) is 0 Å². The van der Waals surface area contributed by atoms with Crippen LogP contribution in [-0.2, 0) is 19.1 Å². The Balaban J connectivity index is 1.03. The number of methoxy groups -OCH3 is 2.